The van der Waals surface area contributed by atoms with E-state index in [9.17, 15) is 14.0 Å². The normalized spacial score (nSPS) is 17.6. The predicted molar refractivity (Wildman–Crippen MR) is 120 cm³/mol. The van der Waals surface area contributed by atoms with Crippen molar-refractivity contribution in [1.29, 1.82) is 0 Å². The lowest BCUT2D eigenvalue weighted by molar-refractivity contribution is -0.136. The van der Waals surface area contributed by atoms with Crippen LogP contribution in [0.25, 0.3) is 5.57 Å². The Morgan fingerprint density at radius 2 is 1.61 bits per heavy atom. The number of thioether (sulfide) groups is 1. The van der Waals surface area contributed by atoms with E-state index >= 15 is 0 Å². The summed E-state index contributed by atoms with van der Waals surface area (Å²) in [4.78, 5) is 30.5. The standard InChI is InChI=1S/C24H25FN2O3S/c25-20-9-7-19(8-10-20)21-22(31-17-18-5-2-1-3-6-18)24(29)27(23(21)28)12-4-11-26-13-15-30-16-14-26/h1-3,5-10H,4,11-17H2. The Morgan fingerprint density at radius 3 is 2.32 bits per heavy atom. The zero-order chi connectivity index (χ0) is 21.6. The highest BCUT2D eigenvalue weighted by molar-refractivity contribution is 8.03. The van der Waals surface area contributed by atoms with Gasteiger partial charge in [0.1, 0.15) is 5.82 Å². The number of rotatable bonds is 8. The van der Waals surface area contributed by atoms with Gasteiger partial charge in [-0.15, -0.1) is 11.8 Å². The number of hydrogen-bond donors (Lipinski definition) is 0. The number of nitrogens with zero attached hydrogens (tertiary/aromatic N) is 2. The van der Waals surface area contributed by atoms with Crippen LogP contribution in [0.4, 0.5) is 4.39 Å². The number of halogens is 1. The minimum absolute atomic E-state index is 0.257. The molecule has 4 rings (SSSR count). The summed E-state index contributed by atoms with van der Waals surface area (Å²) in [6.45, 7) is 4.38. The smallest absolute Gasteiger partial charge is 0.267 e. The molecule has 0 spiro atoms. The maximum absolute atomic E-state index is 13.4. The van der Waals surface area contributed by atoms with Gasteiger partial charge < -0.3 is 4.74 Å². The van der Waals surface area contributed by atoms with Gasteiger partial charge in [0, 0.05) is 31.9 Å². The van der Waals surface area contributed by atoms with Crippen molar-refractivity contribution in [2.75, 3.05) is 39.4 Å². The van der Waals surface area contributed by atoms with Gasteiger partial charge in [-0.3, -0.25) is 19.4 Å². The van der Waals surface area contributed by atoms with Gasteiger partial charge >= 0.3 is 0 Å². The number of ether oxygens (including phenoxy) is 1. The Hall–Kier alpha value is -2.48. The van der Waals surface area contributed by atoms with Crippen molar-refractivity contribution in [3.63, 3.8) is 0 Å². The lowest BCUT2D eigenvalue weighted by Gasteiger charge is -2.27. The van der Waals surface area contributed by atoms with E-state index in [1.807, 2.05) is 30.3 Å². The molecule has 0 N–H and O–H groups in total. The lowest BCUT2D eigenvalue weighted by atomic mass is 10.1. The molecule has 0 aliphatic carbocycles. The van der Waals surface area contributed by atoms with Crippen molar-refractivity contribution < 1.29 is 18.7 Å². The summed E-state index contributed by atoms with van der Waals surface area (Å²) in [7, 11) is 0. The third-order valence-electron chi connectivity index (χ3n) is 5.44. The summed E-state index contributed by atoms with van der Waals surface area (Å²) in [5, 5.41) is 0. The van der Waals surface area contributed by atoms with Crippen molar-refractivity contribution in [1.82, 2.24) is 9.80 Å². The fourth-order valence-electron chi connectivity index (χ4n) is 3.77. The molecule has 2 amide bonds. The molecule has 2 heterocycles. The zero-order valence-corrected chi connectivity index (χ0v) is 18.1. The monoisotopic (exact) mass is 440 g/mol. The summed E-state index contributed by atoms with van der Waals surface area (Å²) >= 11 is 1.37. The minimum atomic E-state index is -0.373. The number of morpholine rings is 1. The predicted octanol–water partition coefficient (Wildman–Crippen LogP) is 3.56. The summed E-state index contributed by atoms with van der Waals surface area (Å²) in [6, 6.07) is 15.6. The number of carbonyl (C=O) groups excluding carboxylic acids is 2. The van der Waals surface area contributed by atoms with Crippen LogP contribution in [0.3, 0.4) is 0 Å². The Bertz CT molecular complexity index is 957. The summed E-state index contributed by atoms with van der Waals surface area (Å²) in [5.74, 6) is -0.343. The number of benzene rings is 2. The van der Waals surface area contributed by atoms with Crippen LogP contribution in [-0.4, -0.2) is 61.0 Å². The number of hydrogen-bond acceptors (Lipinski definition) is 5. The topological polar surface area (TPSA) is 49.9 Å². The van der Waals surface area contributed by atoms with Crippen molar-refractivity contribution in [2.45, 2.75) is 12.2 Å². The largest absolute Gasteiger partial charge is 0.379 e. The van der Waals surface area contributed by atoms with Crippen LogP contribution in [-0.2, 0) is 20.1 Å². The molecule has 2 aromatic carbocycles. The first-order chi connectivity index (χ1) is 15.1. The molecule has 1 saturated heterocycles. The quantitative estimate of drug-likeness (QED) is 0.588. The second-order valence-corrected chi connectivity index (χ2v) is 8.54. The summed E-state index contributed by atoms with van der Waals surface area (Å²) in [6.07, 6.45) is 0.713. The average Bonchev–Trinajstić information content (AvgIpc) is 3.04. The first-order valence-electron chi connectivity index (χ1n) is 10.5. The maximum atomic E-state index is 13.4. The summed E-state index contributed by atoms with van der Waals surface area (Å²) < 4.78 is 18.8. The molecule has 162 valence electrons. The van der Waals surface area contributed by atoms with Gasteiger partial charge in [0.25, 0.3) is 11.8 Å². The van der Waals surface area contributed by atoms with Gasteiger partial charge in [0.2, 0.25) is 0 Å². The SMILES string of the molecule is O=C1C(SCc2ccccc2)=C(c2ccc(F)cc2)C(=O)N1CCCN1CCOCC1. The van der Waals surface area contributed by atoms with E-state index in [0.29, 0.717) is 34.8 Å². The molecule has 0 saturated carbocycles. The van der Waals surface area contributed by atoms with Gasteiger partial charge in [-0.25, -0.2) is 4.39 Å². The van der Waals surface area contributed by atoms with E-state index < -0.39 is 0 Å². The Kier molecular flexibility index (Phi) is 7.17. The van der Waals surface area contributed by atoms with Crippen molar-refractivity contribution >= 4 is 29.1 Å². The van der Waals surface area contributed by atoms with Gasteiger partial charge in [0.15, 0.2) is 0 Å². The van der Waals surface area contributed by atoms with Crippen LogP contribution in [0.2, 0.25) is 0 Å². The molecule has 0 bridgehead atoms. The number of amides is 2. The lowest BCUT2D eigenvalue weighted by Crippen LogP contribution is -2.39. The molecule has 7 heteroatoms. The molecular weight excluding hydrogens is 415 g/mol. The first-order valence-corrected chi connectivity index (χ1v) is 11.5. The Morgan fingerprint density at radius 1 is 0.903 bits per heavy atom. The van der Waals surface area contributed by atoms with Crippen molar-refractivity contribution in [3.05, 3.63) is 76.4 Å². The van der Waals surface area contributed by atoms with Gasteiger partial charge in [0.05, 0.1) is 23.7 Å². The molecule has 5 nitrogen and oxygen atoms in total. The molecule has 2 aliphatic heterocycles. The first kappa shape index (κ1) is 21.7. The highest BCUT2D eigenvalue weighted by atomic mass is 32.2. The van der Waals surface area contributed by atoms with E-state index in [2.05, 4.69) is 4.90 Å². The van der Waals surface area contributed by atoms with Gasteiger partial charge in [-0.1, -0.05) is 42.5 Å². The molecule has 1 fully saturated rings. The summed E-state index contributed by atoms with van der Waals surface area (Å²) in [5.41, 5.74) is 2.02. The van der Waals surface area contributed by atoms with Gasteiger partial charge in [-0.05, 0) is 29.7 Å². The molecule has 0 unspecified atom stereocenters. The third kappa shape index (κ3) is 5.23. The van der Waals surface area contributed by atoms with Crippen LogP contribution >= 0.6 is 11.8 Å². The van der Waals surface area contributed by atoms with Crippen LogP contribution < -0.4 is 0 Å². The van der Waals surface area contributed by atoms with Crippen molar-refractivity contribution in [3.8, 4) is 0 Å². The third-order valence-corrected chi connectivity index (χ3v) is 6.59. The van der Waals surface area contributed by atoms with Crippen LogP contribution in [0.1, 0.15) is 17.5 Å². The Labute approximate surface area is 185 Å². The fourth-order valence-corrected chi connectivity index (χ4v) is 4.86. The molecule has 0 radical (unpaired) electrons. The Balaban J connectivity index is 1.50. The number of carbonyl (C=O) groups is 2. The van der Waals surface area contributed by atoms with Crippen LogP contribution in [0, 0.1) is 5.82 Å². The second-order valence-electron chi connectivity index (χ2n) is 7.55. The second kappa shape index (κ2) is 10.2. The minimum Gasteiger partial charge on any atom is -0.379 e. The molecule has 31 heavy (non-hydrogen) atoms. The molecule has 2 aliphatic rings. The zero-order valence-electron chi connectivity index (χ0n) is 17.3. The van der Waals surface area contributed by atoms with E-state index in [1.54, 1.807) is 12.1 Å². The van der Waals surface area contributed by atoms with E-state index in [-0.39, 0.29) is 17.6 Å². The highest BCUT2D eigenvalue weighted by Crippen LogP contribution is 2.37. The average molecular weight is 441 g/mol. The van der Waals surface area contributed by atoms with Crippen LogP contribution in [0.5, 0.6) is 0 Å². The number of imide groups is 1. The maximum Gasteiger partial charge on any atom is 0.267 e. The molecular formula is C24H25FN2O3S. The van der Waals surface area contributed by atoms with E-state index in [1.165, 1.54) is 28.8 Å². The van der Waals surface area contributed by atoms with Crippen LogP contribution in [0.15, 0.2) is 59.5 Å². The van der Waals surface area contributed by atoms with Crippen molar-refractivity contribution in [2.24, 2.45) is 0 Å². The van der Waals surface area contributed by atoms with Gasteiger partial charge in [-0.2, -0.15) is 0 Å². The molecule has 2 aromatic rings. The van der Waals surface area contributed by atoms with E-state index in [4.69, 9.17) is 4.74 Å². The molecule has 0 atom stereocenters. The van der Waals surface area contributed by atoms with E-state index in [0.717, 1.165) is 38.4 Å². The molecule has 0 aromatic heterocycles. The fraction of sp³-hybridized carbons (Fsp3) is 0.333. The highest BCUT2D eigenvalue weighted by Gasteiger charge is 2.38.